The maximum Gasteiger partial charge on any atom is 0.281 e. The second kappa shape index (κ2) is 47.8. The molecule has 0 aliphatic carbocycles. The minimum absolute atomic E-state index is 0.103. The van der Waals surface area contributed by atoms with E-state index in [1.807, 2.05) is 127 Å². The number of halogens is 8. The summed E-state index contributed by atoms with van der Waals surface area (Å²) in [5.74, 6) is -3.57. The first-order chi connectivity index (χ1) is 67.2. The fourth-order valence-corrected chi connectivity index (χ4v) is 19.7. The fraction of sp³-hybridized carbons (Fsp3) is 0.243. The number of aromatic nitrogens is 6. The Hall–Kier alpha value is -12.5. The molecule has 0 saturated carbocycles. The van der Waals surface area contributed by atoms with Gasteiger partial charge in [-0.15, -0.1) is 0 Å². The molecule has 0 unspecified atom stereocenters. The summed E-state index contributed by atoms with van der Waals surface area (Å²) in [6.07, 6.45) is 8.19. The molecule has 0 fully saturated rings. The molecule has 0 atom stereocenters. The summed E-state index contributed by atoms with van der Waals surface area (Å²) in [5.41, 5.74) is 14.5. The van der Waals surface area contributed by atoms with Crippen LogP contribution in [0, 0.1) is 54.3 Å². The molecule has 0 radical (unpaired) electrons. The van der Waals surface area contributed by atoms with Gasteiger partial charge >= 0.3 is 0 Å². The average Bonchev–Trinajstić information content (AvgIpc) is 1.64. The lowest BCUT2D eigenvalue weighted by Crippen LogP contribution is -2.38. The molecule has 0 aliphatic heterocycles. The number of nitrogens with zero attached hydrogens (tertiary/aromatic N) is 3. The van der Waals surface area contributed by atoms with E-state index in [1.54, 1.807) is 141 Å². The molecule has 738 valence electrons. The number of amides is 6. The number of ether oxygens (including phenoxy) is 3. The van der Waals surface area contributed by atoms with Crippen molar-refractivity contribution < 1.29 is 72.6 Å². The molecule has 15 rings (SSSR count). The smallest absolute Gasteiger partial charge is 0.281 e. The highest BCUT2D eigenvalue weighted by atomic mass is 35.5. The minimum atomic E-state index is -4.13. The van der Waals surface area contributed by atoms with Gasteiger partial charge in [0.1, 0.15) is 57.2 Å². The molecule has 15 aromatic rings. The topological polar surface area (TPSA) is 367 Å². The van der Waals surface area contributed by atoms with E-state index in [-0.39, 0.29) is 42.5 Å². The molecule has 6 aromatic heterocycles. The molecular weight excluding hydrogens is 2010 g/mol. The van der Waals surface area contributed by atoms with Gasteiger partial charge in [0, 0.05) is 126 Å². The second-order valence-corrected chi connectivity index (χ2v) is 42.1. The predicted octanol–water partition coefficient (Wildman–Crippen LogP) is 20.4. The number of carbonyl (C=O) groups excluding carboxylic acids is 6. The fourth-order valence-electron chi connectivity index (χ4n) is 16.1. The van der Waals surface area contributed by atoms with Crippen LogP contribution in [0.4, 0.5) is 4.39 Å². The Morgan fingerprint density at radius 3 is 0.986 bits per heavy atom. The van der Waals surface area contributed by atoms with Crippen molar-refractivity contribution in [1.82, 2.24) is 58.8 Å². The van der Waals surface area contributed by atoms with Crippen molar-refractivity contribution >= 4 is 179 Å². The van der Waals surface area contributed by atoms with Crippen LogP contribution in [0.25, 0.3) is 32.7 Å². The third kappa shape index (κ3) is 28.7. The molecule has 27 nitrogen and oxygen atoms in total. The molecule has 0 aliphatic rings. The zero-order valence-corrected chi connectivity index (χ0v) is 85.5. The van der Waals surface area contributed by atoms with Gasteiger partial charge in [0.15, 0.2) is 0 Å². The van der Waals surface area contributed by atoms with Gasteiger partial charge in [0.25, 0.3) is 35.4 Å². The Bertz CT molecular complexity index is 7480. The molecule has 0 saturated heterocycles. The molecule has 6 amide bonds. The van der Waals surface area contributed by atoms with Crippen LogP contribution in [0.15, 0.2) is 219 Å². The van der Waals surface area contributed by atoms with Gasteiger partial charge in [0.05, 0.1) is 37.1 Å². The number of aryl methyl sites for hydroxylation is 10. The lowest BCUT2D eigenvalue weighted by Gasteiger charge is -2.12. The number of aromatic amines is 3. The normalized spacial score (nSPS) is 11.5. The monoisotopic (exact) mass is 2110 g/mol. The van der Waals surface area contributed by atoms with Crippen LogP contribution >= 0.6 is 81.2 Å². The Kier molecular flexibility index (Phi) is 35.9. The average molecular weight is 2110 g/mol. The molecule has 6 heterocycles. The van der Waals surface area contributed by atoms with Crippen molar-refractivity contribution in [2.24, 2.45) is 0 Å². The number of H-pyrrole nitrogens is 3. The zero-order chi connectivity index (χ0) is 101. The number of sulfonamides is 3. The highest BCUT2D eigenvalue weighted by Crippen LogP contribution is 2.35. The number of carbonyl (C=O) groups is 6. The van der Waals surface area contributed by atoms with Crippen LogP contribution in [-0.2, 0) is 69.0 Å². The van der Waals surface area contributed by atoms with Crippen molar-refractivity contribution in [1.29, 1.82) is 0 Å². The van der Waals surface area contributed by atoms with E-state index in [1.165, 1.54) is 12.1 Å². The van der Waals surface area contributed by atoms with E-state index < -0.39 is 82.8 Å². The number of nitrogens with one attached hydrogen (secondary N) is 9. The van der Waals surface area contributed by atoms with Crippen molar-refractivity contribution in [2.75, 3.05) is 56.7 Å². The number of fused-ring (bicyclic) bond motifs is 3. The van der Waals surface area contributed by atoms with E-state index in [2.05, 4.69) is 45.1 Å². The van der Waals surface area contributed by atoms with Gasteiger partial charge in [-0.25, -0.2) is 43.8 Å². The first-order valence-corrected chi connectivity index (χ1v) is 52.4. The number of benzene rings is 9. The second-order valence-electron chi connectivity index (χ2n) is 33.7. The molecule has 0 bridgehead atoms. The lowest BCUT2D eigenvalue weighted by molar-refractivity contribution is 0.0938. The van der Waals surface area contributed by atoms with Gasteiger partial charge in [-0.3, -0.25) is 28.8 Å². The SMILES string of the molecule is Cc1cc(OCCCc2c(C(=O)NS(=O)(=O)CCNC(=O)c3cccn3Cc3ccc(F)cc3)[nH]c3cc(Cl)ccc23)cc(C)c1Cl.Cc1cc(OCCCc2c(C(=O)NS(=O)(=O)CCNC(=O)c3cccn3Cc3cccc(Cl)c3)[nH]c3cc(Cl)ccc23)cc(C)c1Cl.Cc1ccccc1Cn1cccc1C(=O)NCCS(=O)(=O)NC(=O)c1[nH]c2cc(Cl)ccc2c1CCCOc1cc(C)c(Cl)c(C)c1. The Morgan fingerprint density at radius 2 is 0.652 bits per heavy atom. The first kappa shape index (κ1) is 106. The third-order valence-electron chi connectivity index (χ3n) is 23.0. The van der Waals surface area contributed by atoms with E-state index >= 15 is 0 Å². The summed E-state index contributed by atoms with van der Waals surface area (Å²) in [5, 5.41) is 14.2. The van der Waals surface area contributed by atoms with Crippen LogP contribution in [0.2, 0.25) is 35.2 Å². The molecular formula is C103H102Cl7FN12O15S3. The van der Waals surface area contributed by atoms with Crippen LogP contribution in [0.1, 0.15) is 155 Å². The quantitative estimate of drug-likeness (QED) is 0.0162. The summed E-state index contributed by atoms with van der Waals surface area (Å²) < 4.78 is 120. The number of rotatable bonds is 39. The number of hydrogen-bond donors (Lipinski definition) is 9. The summed E-state index contributed by atoms with van der Waals surface area (Å²) in [7, 11) is -12.3. The van der Waals surface area contributed by atoms with E-state index in [0.29, 0.717) is 181 Å². The molecule has 141 heavy (non-hydrogen) atoms. The highest BCUT2D eigenvalue weighted by Gasteiger charge is 2.29. The van der Waals surface area contributed by atoms with Crippen LogP contribution in [0.5, 0.6) is 17.2 Å². The van der Waals surface area contributed by atoms with E-state index in [0.717, 1.165) is 71.8 Å². The molecule has 9 aromatic carbocycles. The predicted molar refractivity (Wildman–Crippen MR) is 555 cm³/mol. The molecule has 9 N–H and O–H groups in total. The van der Waals surface area contributed by atoms with E-state index in [9.17, 15) is 58.4 Å². The van der Waals surface area contributed by atoms with Gasteiger partial charge in [-0.2, -0.15) is 0 Å². The van der Waals surface area contributed by atoms with Crippen LogP contribution < -0.4 is 44.3 Å². The van der Waals surface area contributed by atoms with Crippen molar-refractivity contribution in [3.05, 3.63) is 366 Å². The van der Waals surface area contributed by atoms with Gasteiger partial charge < -0.3 is 58.8 Å². The Labute approximate surface area is 850 Å². The molecule has 0 spiro atoms. The van der Waals surface area contributed by atoms with Gasteiger partial charge in [-0.1, -0.05) is 148 Å². The summed E-state index contributed by atoms with van der Waals surface area (Å²) in [6.45, 7) is 15.2. The number of hydrogen-bond acceptors (Lipinski definition) is 15. The largest absolute Gasteiger partial charge is 0.494 e. The minimum Gasteiger partial charge on any atom is -0.494 e. The maximum atomic E-state index is 13.3. The molecule has 38 heteroatoms. The van der Waals surface area contributed by atoms with Crippen molar-refractivity contribution in [2.45, 2.75) is 107 Å². The summed E-state index contributed by atoms with van der Waals surface area (Å²) in [4.78, 5) is 87.7. The van der Waals surface area contributed by atoms with E-state index in [4.69, 9.17) is 95.4 Å². The van der Waals surface area contributed by atoms with Crippen LogP contribution in [0.3, 0.4) is 0 Å². The Morgan fingerprint density at radius 1 is 0.333 bits per heavy atom. The summed E-state index contributed by atoms with van der Waals surface area (Å²) in [6, 6.07) is 58.0. The third-order valence-corrected chi connectivity index (χ3v) is 29.5. The zero-order valence-electron chi connectivity index (χ0n) is 77.7. The van der Waals surface area contributed by atoms with Crippen molar-refractivity contribution in [3.8, 4) is 17.2 Å². The highest BCUT2D eigenvalue weighted by molar-refractivity contribution is 7.90. The standard InChI is InChI=1S/C35H36Cl2N4O5S.C34H33Cl3N4O5S.C34H33Cl2FN4O5S/c1-22-8-4-5-9-25(22)21-41-15-6-11-31(41)34(42)38-14-17-47(44,45)40-35(43)33-29(28-13-12-26(36)20-30(28)39-33)10-7-16-46-27-18-23(2)32(37)24(3)19-27;1-21-16-26(17-22(2)31(21)37)46-14-5-8-28-27-11-10-25(36)19-29(27)39-32(28)34(43)40-47(44,45)15-12-38-33(42)30-9-4-13-41(30)20-23-6-3-7-24(35)18-23;1-21-17-26(18-22(2)31(21)36)46-15-4-5-28-27-12-9-24(35)19-29(27)39-32(28)34(43)40-47(44,45)16-13-38-33(42)30-6-3-14-41(30)20-23-7-10-25(37)11-8-23/h4-6,8-9,11-13,15,18-20,39H,7,10,14,16-17,21H2,1-3H3,(H,38,42)(H,40,43);3-4,6-7,9-11,13,16-19,39H,5,8,12,14-15,20H2,1-2H3,(H,38,42)(H,40,43);3,6-12,14,17-19,39H,4-5,13,15-16,20H2,1-2H3,(H,38,42)(H,40,43). The van der Waals surface area contributed by atoms with Crippen LogP contribution in [-0.4, -0.2) is 146 Å². The maximum absolute atomic E-state index is 13.3. The first-order valence-electron chi connectivity index (χ1n) is 44.8. The Balaban J connectivity index is 0.000000178. The van der Waals surface area contributed by atoms with Gasteiger partial charge in [-0.05, 0) is 293 Å². The lowest BCUT2D eigenvalue weighted by atomic mass is 10.1. The van der Waals surface area contributed by atoms with Crippen molar-refractivity contribution in [3.63, 3.8) is 0 Å². The van der Waals surface area contributed by atoms with Gasteiger partial charge in [0.2, 0.25) is 30.1 Å². The summed E-state index contributed by atoms with van der Waals surface area (Å²) >= 11 is 43.4.